The van der Waals surface area contributed by atoms with Gasteiger partial charge in [-0.05, 0) is 63.2 Å². The van der Waals surface area contributed by atoms with Crippen LogP contribution in [0, 0.1) is 13.8 Å². The number of ketones is 1. The summed E-state index contributed by atoms with van der Waals surface area (Å²) in [5.41, 5.74) is 4.47. The Morgan fingerprint density at radius 2 is 1.88 bits per heavy atom. The van der Waals surface area contributed by atoms with Crippen LogP contribution in [0.25, 0.3) is 5.69 Å². The molecular formula is C25H26N4O3S2. The fourth-order valence-electron chi connectivity index (χ4n) is 3.66. The van der Waals surface area contributed by atoms with E-state index in [1.54, 1.807) is 7.11 Å². The van der Waals surface area contributed by atoms with Crippen LogP contribution in [0.15, 0.2) is 58.9 Å². The number of aromatic nitrogens is 3. The van der Waals surface area contributed by atoms with Crippen LogP contribution in [0.3, 0.4) is 0 Å². The third-order valence-corrected chi connectivity index (χ3v) is 7.20. The summed E-state index contributed by atoms with van der Waals surface area (Å²) in [6.07, 6.45) is 0. The highest BCUT2D eigenvalue weighted by Gasteiger charge is 2.18. The van der Waals surface area contributed by atoms with E-state index in [0.717, 1.165) is 38.6 Å². The third-order valence-electron chi connectivity index (χ3n) is 5.22. The van der Waals surface area contributed by atoms with E-state index in [1.165, 1.54) is 23.1 Å². The van der Waals surface area contributed by atoms with Crippen molar-refractivity contribution >= 4 is 39.7 Å². The molecule has 1 N–H and O–H groups in total. The van der Waals surface area contributed by atoms with Gasteiger partial charge in [-0.15, -0.1) is 10.2 Å². The van der Waals surface area contributed by atoms with Crippen molar-refractivity contribution in [2.45, 2.75) is 25.1 Å². The van der Waals surface area contributed by atoms with Gasteiger partial charge in [-0.25, -0.2) is 0 Å². The first-order chi connectivity index (χ1) is 16.5. The van der Waals surface area contributed by atoms with E-state index in [1.807, 2.05) is 75.4 Å². The van der Waals surface area contributed by atoms with Crippen LogP contribution in [-0.2, 0) is 0 Å². The van der Waals surface area contributed by atoms with Gasteiger partial charge in [-0.2, -0.15) is 0 Å². The van der Waals surface area contributed by atoms with Crippen molar-refractivity contribution in [3.63, 3.8) is 0 Å². The molecule has 0 aliphatic rings. The molecule has 0 spiro atoms. The Morgan fingerprint density at radius 1 is 1.12 bits per heavy atom. The van der Waals surface area contributed by atoms with E-state index in [9.17, 15) is 4.79 Å². The van der Waals surface area contributed by atoms with Crippen molar-refractivity contribution in [1.82, 2.24) is 14.8 Å². The average molecular weight is 495 g/mol. The average Bonchev–Trinajstić information content (AvgIpc) is 3.42. The highest BCUT2D eigenvalue weighted by molar-refractivity contribution is 8.01. The largest absolute Gasteiger partial charge is 0.497 e. The Balaban J connectivity index is 1.42. The fraction of sp³-hybridized carbons (Fsp3) is 0.240. The van der Waals surface area contributed by atoms with Crippen molar-refractivity contribution in [1.29, 1.82) is 0 Å². The Bertz CT molecular complexity index is 1280. The van der Waals surface area contributed by atoms with Gasteiger partial charge < -0.3 is 19.4 Å². The number of Topliss-reactive ketones (excluding diaryl/α,β-unsaturated/α-hetero) is 1. The number of carbonyl (C=O) groups excluding carboxylic acids is 1. The van der Waals surface area contributed by atoms with Crippen LogP contribution < -0.4 is 14.8 Å². The molecule has 9 heteroatoms. The number of nitrogens with one attached hydrogen (secondary N) is 1. The summed E-state index contributed by atoms with van der Waals surface area (Å²) in [7, 11) is 1.65. The second-order valence-corrected chi connectivity index (χ2v) is 9.66. The number of nitrogens with zero attached hydrogens (tertiary/aromatic N) is 3. The van der Waals surface area contributed by atoms with Crippen LogP contribution in [0.4, 0.5) is 10.8 Å². The zero-order valence-corrected chi connectivity index (χ0v) is 21.1. The van der Waals surface area contributed by atoms with Gasteiger partial charge in [-0.1, -0.05) is 35.2 Å². The number of ether oxygens (including phenoxy) is 2. The number of aryl methyl sites for hydroxylation is 1. The number of carbonyl (C=O) groups is 1. The van der Waals surface area contributed by atoms with Gasteiger partial charge in [-0.3, -0.25) is 4.79 Å². The summed E-state index contributed by atoms with van der Waals surface area (Å²) in [5, 5.41) is 12.3. The zero-order valence-electron chi connectivity index (χ0n) is 19.5. The maximum absolute atomic E-state index is 13.0. The van der Waals surface area contributed by atoms with E-state index in [0.29, 0.717) is 17.3 Å². The van der Waals surface area contributed by atoms with E-state index in [4.69, 9.17) is 9.47 Å². The number of thioether (sulfide) groups is 1. The van der Waals surface area contributed by atoms with Gasteiger partial charge in [0.15, 0.2) is 10.1 Å². The number of rotatable bonds is 10. The molecule has 0 saturated heterocycles. The summed E-state index contributed by atoms with van der Waals surface area (Å²) in [5.74, 6) is 1.91. The SMILES string of the molecule is CCOc1ccccc1Nc1nnc(SCC(=O)c2cc(C)n(-c3ccc(OC)cc3)c2C)s1. The van der Waals surface area contributed by atoms with E-state index in [2.05, 4.69) is 20.1 Å². The number of hydrogen-bond donors (Lipinski definition) is 1. The minimum atomic E-state index is 0.0595. The topological polar surface area (TPSA) is 78.3 Å². The molecule has 7 nitrogen and oxygen atoms in total. The second-order valence-electron chi connectivity index (χ2n) is 7.46. The summed E-state index contributed by atoms with van der Waals surface area (Å²) >= 11 is 2.80. The Kier molecular flexibility index (Phi) is 7.54. The molecule has 0 saturated carbocycles. The van der Waals surface area contributed by atoms with E-state index in [-0.39, 0.29) is 11.5 Å². The monoisotopic (exact) mass is 494 g/mol. The van der Waals surface area contributed by atoms with Crippen LogP contribution in [0.1, 0.15) is 28.7 Å². The lowest BCUT2D eigenvalue weighted by Gasteiger charge is -2.10. The third kappa shape index (κ3) is 5.26. The normalized spacial score (nSPS) is 10.8. The first-order valence-electron chi connectivity index (χ1n) is 10.8. The number of benzene rings is 2. The predicted octanol–water partition coefficient (Wildman–Crippen LogP) is 6.07. The lowest BCUT2D eigenvalue weighted by atomic mass is 10.2. The number of anilines is 2. The molecule has 2 aromatic carbocycles. The molecule has 176 valence electrons. The summed E-state index contributed by atoms with van der Waals surface area (Å²) in [6.45, 7) is 6.50. The molecule has 0 bridgehead atoms. The van der Waals surface area contributed by atoms with Gasteiger partial charge >= 0.3 is 0 Å². The van der Waals surface area contributed by atoms with E-state index < -0.39 is 0 Å². The summed E-state index contributed by atoms with van der Waals surface area (Å²) in [6, 6.07) is 17.4. The minimum Gasteiger partial charge on any atom is -0.497 e. The lowest BCUT2D eigenvalue weighted by Crippen LogP contribution is -2.05. The predicted molar refractivity (Wildman–Crippen MR) is 138 cm³/mol. The van der Waals surface area contributed by atoms with E-state index >= 15 is 0 Å². The summed E-state index contributed by atoms with van der Waals surface area (Å²) in [4.78, 5) is 13.0. The fourth-order valence-corrected chi connectivity index (χ4v) is 5.31. The summed E-state index contributed by atoms with van der Waals surface area (Å²) < 4.78 is 13.7. The lowest BCUT2D eigenvalue weighted by molar-refractivity contribution is 0.102. The van der Waals surface area contributed by atoms with Gasteiger partial charge in [0.25, 0.3) is 0 Å². The highest BCUT2D eigenvalue weighted by atomic mass is 32.2. The first kappa shape index (κ1) is 23.8. The maximum Gasteiger partial charge on any atom is 0.210 e. The Hall–Kier alpha value is -3.30. The molecule has 0 unspecified atom stereocenters. The van der Waals surface area contributed by atoms with Crippen LogP contribution in [-0.4, -0.2) is 40.0 Å². The molecule has 2 aromatic heterocycles. The van der Waals surface area contributed by atoms with Gasteiger partial charge in [0, 0.05) is 22.6 Å². The molecule has 0 atom stereocenters. The molecule has 2 heterocycles. The molecule has 0 fully saturated rings. The molecule has 4 rings (SSSR count). The van der Waals surface area contributed by atoms with Crippen LogP contribution >= 0.6 is 23.1 Å². The molecule has 0 aliphatic heterocycles. The molecular weight excluding hydrogens is 468 g/mol. The van der Waals surface area contributed by atoms with Crippen molar-refractivity contribution in [3.8, 4) is 17.2 Å². The Labute approximate surface area is 207 Å². The first-order valence-corrected chi connectivity index (χ1v) is 12.6. The van der Waals surface area contributed by atoms with Crippen molar-refractivity contribution in [2.75, 3.05) is 24.8 Å². The van der Waals surface area contributed by atoms with Crippen molar-refractivity contribution < 1.29 is 14.3 Å². The van der Waals surface area contributed by atoms with Gasteiger partial charge in [0.05, 0.1) is 25.2 Å². The number of para-hydroxylation sites is 2. The smallest absolute Gasteiger partial charge is 0.210 e. The van der Waals surface area contributed by atoms with Crippen LogP contribution in [0.2, 0.25) is 0 Å². The minimum absolute atomic E-state index is 0.0595. The van der Waals surface area contributed by atoms with Gasteiger partial charge in [0.1, 0.15) is 11.5 Å². The molecule has 34 heavy (non-hydrogen) atoms. The number of methoxy groups -OCH3 is 1. The maximum atomic E-state index is 13.0. The molecule has 0 radical (unpaired) electrons. The number of hydrogen-bond acceptors (Lipinski definition) is 8. The van der Waals surface area contributed by atoms with Crippen molar-refractivity contribution in [3.05, 3.63) is 71.5 Å². The van der Waals surface area contributed by atoms with Gasteiger partial charge in [0.2, 0.25) is 5.13 Å². The Morgan fingerprint density at radius 3 is 2.62 bits per heavy atom. The van der Waals surface area contributed by atoms with Crippen molar-refractivity contribution in [2.24, 2.45) is 0 Å². The van der Waals surface area contributed by atoms with Crippen LogP contribution in [0.5, 0.6) is 11.5 Å². The molecule has 4 aromatic rings. The molecule has 0 aliphatic carbocycles. The molecule has 0 amide bonds. The zero-order chi connectivity index (χ0) is 24.1. The standard InChI is InChI=1S/C25H26N4O3S2/c1-5-32-23-9-7-6-8-21(23)26-24-27-28-25(34-24)33-15-22(30)20-14-16(2)29(17(20)3)18-10-12-19(31-4)13-11-18/h6-14H,5,15H2,1-4H3,(H,26,27). The quantitative estimate of drug-likeness (QED) is 0.212. The second kappa shape index (κ2) is 10.8. The highest BCUT2D eigenvalue weighted by Crippen LogP contribution is 2.32.